The van der Waals surface area contributed by atoms with Crippen molar-refractivity contribution in [1.82, 2.24) is 9.21 Å². The van der Waals surface area contributed by atoms with Crippen LogP contribution in [0.5, 0.6) is 0 Å². The molecular weight excluding hydrogens is 469 g/mol. The Morgan fingerprint density at radius 3 is 2.36 bits per heavy atom. The van der Waals surface area contributed by atoms with E-state index in [4.69, 9.17) is 21.1 Å². The molecule has 0 radical (unpaired) electrons. The monoisotopic (exact) mass is 495 g/mol. The Morgan fingerprint density at radius 2 is 1.67 bits per heavy atom. The highest BCUT2D eigenvalue weighted by Crippen LogP contribution is 2.45. The summed E-state index contributed by atoms with van der Waals surface area (Å²) in [4.78, 5) is 4.74. The zero-order chi connectivity index (χ0) is 23.1. The number of fused-ring (bicyclic) bond motifs is 2. The average Bonchev–Trinajstić information content (AvgIpc) is 3.27. The standard InChI is InChI=1S/C23H27ClFN3O4S/c24-20-3-1-4-21-22(20)23(31-15-16-32-23)17-28(33(21,29)30)10-2-9-26-11-13-27(14-12-26)19-7-5-18(25)6-8-19/h1,3-8H,2,9-17H2. The van der Waals surface area contributed by atoms with Gasteiger partial charge in [0.15, 0.2) is 0 Å². The number of benzene rings is 2. The molecule has 3 heterocycles. The summed E-state index contributed by atoms with van der Waals surface area (Å²) < 4.78 is 53.1. The predicted octanol–water partition coefficient (Wildman–Crippen LogP) is 2.90. The number of halogens is 2. The summed E-state index contributed by atoms with van der Waals surface area (Å²) >= 11 is 6.38. The van der Waals surface area contributed by atoms with Gasteiger partial charge < -0.3 is 14.4 Å². The molecular formula is C23H27ClFN3O4S. The van der Waals surface area contributed by atoms with E-state index >= 15 is 0 Å². The molecule has 5 rings (SSSR count). The number of hydrogen-bond donors (Lipinski definition) is 0. The van der Waals surface area contributed by atoms with Crippen LogP contribution in [0.2, 0.25) is 5.02 Å². The molecule has 0 saturated carbocycles. The van der Waals surface area contributed by atoms with Crippen LogP contribution in [0, 0.1) is 5.82 Å². The molecule has 0 unspecified atom stereocenters. The largest absolute Gasteiger partial charge is 0.369 e. The van der Waals surface area contributed by atoms with Gasteiger partial charge in [-0.25, -0.2) is 12.8 Å². The van der Waals surface area contributed by atoms with Gasteiger partial charge in [0.25, 0.3) is 0 Å². The van der Waals surface area contributed by atoms with Gasteiger partial charge in [0.05, 0.1) is 35.2 Å². The molecule has 0 atom stereocenters. The first-order valence-electron chi connectivity index (χ1n) is 11.2. The van der Waals surface area contributed by atoms with Crippen LogP contribution < -0.4 is 4.90 Å². The number of hydrogen-bond acceptors (Lipinski definition) is 6. The molecule has 178 valence electrons. The molecule has 2 aromatic carbocycles. The maximum absolute atomic E-state index is 13.3. The van der Waals surface area contributed by atoms with Crippen molar-refractivity contribution < 1.29 is 22.3 Å². The minimum Gasteiger partial charge on any atom is -0.369 e. The van der Waals surface area contributed by atoms with E-state index in [1.165, 1.54) is 16.4 Å². The van der Waals surface area contributed by atoms with Crippen molar-refractivity contribution in [2.45, 2.75) is 17.1 Å². The fraction of sp³-hybridized carbons (Fsp3) is 0.478. The summed E-state index contributed by atoms with van der Waals surface area (Å²) in [7, 11) is -3.69. The molecule has 10 heteroatoms. The van der Waals surface area contributed by atoms with E-state index in [1.807, 2.05) is 0 Å². The van der Waals surface area contributed by atoms with E-state index in [9.17, 15) is 12.8 Å². The second-order valence-corrected chi connectivity index (χ2v) is 10.9. The Balaban J connectivity index is 1.21. The summed E-state index contributed by atoms with van der Waals surface area (Å²) in [5, 5.41) is 0.344. The lowest BCUT2D eigenvalue weighted by Crippen LogP contribution is -2.51. The molecule has 0 aromatic heterocycles. The zero-order valence-corrected chi connectivity index (χ0v) is 19.8. The van der Waals surface area contributed by atoms with Gasteiger partial charge in [0.2, 0.25) is 15.8 Å². The number of ether oxygens (including phenoxy) is 2. The Morgan fingerprint density at radius 1 is 0.970 bits per heavy atom. The zero-order valence-electron chi connectivity index (χ0n) is 18.3. The number of nitrogens with zero attached hydrogens (tertiary/aromatic N) is 3. The normalized spacial score (nSPS) is 22.5. The van der Waals surface area contributed by atoms with Gasteiger partial charge in [-0.15, -0.1) is 0 Å². The maximum Gasteiger partial charge on any atom is 0.243 e. The molecule has 2 fully saturated rings. The first kappa shape index (κ1) is 23.0. The summed E-state index contributed by atoms with van der Waals surface area (Å²) in [6.45, 7) is 5.52. The van der Waals surface area contributed by atoms with Crippen LogP contribution >= 0.6 is 11.6 Å². The Labute approximate surface area is 198 Å². The molecule has 0 amide bonds. The lowest BCUT2D eigenvalue weighted by atomic mass is 10.0. The van der Waals surface area contributed by atoms with Gasteiger partial charge in [-0.05, 0) is 49.4 Å². The van der Waals surface area contributed by atoms with Gasteiger partial charge in [-0.1, -0.05) is 17.7 Å². The molecule has 0 aliphatic carbocycles. The minimum atomic E-state index is -3.69. The van der Waals surface area contributed by atoms with Crippen LogP contribution in [0.15, 0.2) is 47.4 Å². The third kappa shape index (κ3) is 4.38. The molecule has 2 saturated heterocycles. The van der Waals surface area contributed by atoms with Crippen LogP contribution in [0.1, 0.15) is 12.0 Å². The predicted molar refractivity (Wildman–Crippen MR) is 123 cm³/mol. The molecule has 1 spiro atoms. The minimum absolute atomic E-state index is 0.102. The smallest absolute Gasteiger partial charge is 0.243 e. The summed E-state index contributed by atoms with van der Waals surface area (Å²) in [5.74, 6) is -1.37. The van der Waals surface area contributed by atoms with E-state index in [0.717, 1.165) is 38.4 Å². The Kier molecular flexibility index (Phi) is 6.37. The lowest BCUT2D eigenvalue weighted by Gasteiger charge is -2.40. The van der Waals surface area contributed by atoms with Crippen molar-refractivity contribution in [3.63, 3.8) is 0 Å². The fourth-order valence-corrected chi connectivity index (χ4v) is 7.00. The maximum atomic E-state index is 13.3. The van der Waals surface area contributed by atoms with E-state index < -0.39 is 15.8 Å². The first-order chi connectivity index (χ1) is 15.9. The van der Waals surface area contributed by atoms with Crippen LogP contribution in [0.3, 0.4) is 0 Å². The number of piperazine rings is 1. The van der Waals surface area contributed by atoms with Crippen molar-refractivity contribution in [3.05, 3.63) is 58.9 Å². The van der Waals surface area contributed by atoms with Crippen molar-refractivity contribution >= 4 is 27.3 Å². The molecule has 33 heavy (non-hydrogen) atoms. The SMILES string of the molecule is O=S1(=O)c2cccc(Cl)c2C2(CN1CCCN1CCN(c3ccc(F)cc3)CC1)OCCO2. The topological polar surface area (TPSA) is 62.3 Å². The van der Waals surface area contributed by atoms with Crippen molar-refractivity contribution in [2.24, 2.45) is 0 Å². The van der Waals surface area contributed by atoms with Crippen LogP contribution in [0.25, 0.3) is 0 Å². The van der Waals surface area contributed by atoms with Crippen LogP contribution in [0.4, 0.5) is 10.1 Å². The van der Waals surface area contributed by atoms with Crippen LogP contribution in [-0.2, 0) is 25.3 Å². The molecule has 3 aliphatic heterocycles. The third-order valence-corrected chi connectivity index (χ3v) is 8.76. The van der Waals surface area contributed by atoms with E-state index in [1.54, 1.807) is 30.3 Å². The van der Waals surface area contributed by atoms with Crippen molar-refractivity contribution in [1.29, 1.82) is 0 Å². The molecule has 7 nitrogen and oxygen atoms in total. The van der Waals surface area contributed by atoms with E-state index in [0.29, 0.717) is 36.8 Å². The summed E-state index contributed by atoms with van der Waals surface area (Å²) in [6, 6.07) is 11.5. The number of rotatable bonds is 5. The van der Waals surface area contributed by atoms with Gasteiger partial charge in [0.1, 0.15) is 5.82 Å². The number of anilines is 1. The van der Waals surface area contributed by atoms with Crippen molar-refractivity contribution in [3.8, 4) is 0 Å². The molecule has 0 N–H and O–H groups in total. The van der Waals surface area contributed by atoms with Crippen molar-refractivity contribution in [2.75, 3.05) is 63.9 Å². The third-order valence-electron chi connectivity index (χ3n) is 6.56. The van der Waals surface area contributed by atoms with Gasteiger partial charge in [0, 0.05) is 38.4 Å². The second-order valence-electron chi connectivity index (χ2n) is 8.56. The fourth-order valence-electron chi connectivity index (χ4n) is 4.87. The highest BCUT2D eigenvalue weighted by Gasteiger charge is 2.51. The average molecular weight is 496 g/mol. The van der Waals surface area contributed by atoms with Gasteiger partial charge in [-0.2, -0.15) is 4.31 Å². The highest BCUT2D eigenvalue weighted by atomic mass is 35.5. The molecule has 2 aromatic rings. The second kappa shape index (κ2) is 9.13. The first-order valence-corrected chi connectivity index (χ1v) is 13.0. The van der Waals surface area contributed by atoms with Crippen LogP contribution in [-0.4, -0.2) is 76.6 Å². The van der Waals surface area contributed by atoms with E-state index in [2.05, 4.69) is 9.80 Å². The quantitative estimate of drug-likeness (QED) is 0.635. The highest BCUT2D eigenvalue weighted by molar-refractivity contribution is 7.89. The Hall–Kier alpha value is -1.75. The molecule has 0 bridgehead atoms. The lowest BCUT2D eigenvalue weighted by molar-refractivity contribution is -0.176. The summed E-state index contributed by atoms with van der Waals surface area (Å²) in [5.41, 5.74) is 1.44. The van der Waals surface area contributed by atoms with Gasteiger partial charge >= 0.3 is 0 Å². The number of sulfonamides is 1. The Bertz CT molecular complexity index is 1100. The van der Waals surface area contributed by atoms with Gasteiger partial charge in [-0.3, -0.25) is 4.90 Å². The van der Waals surface area contributed by atoms with E-state index in [-0.39, 0.29) is 17.3 Å². The summed E-state index contributed by atoms with van der Waals surface area (Å²) in [6.07, 6.45) is 0.696. The molecule has 3 aliphatic rings.